The maximum absolute atomic E-state index is 12.9. The molecule has 4 rings (SSSR count). The van der Waals surface area contributed by atoms with Crippen LogP contribution in [0.1, 0.15) is 31.2 Å². The zero-order valence-electron chi connectivity index (χ0n) is 13.7. The zero-order chi connectivity index (χ0) is 16.7. The summed E-state index contributed by atoms with van der Waals surface area (Å²) in [6.45, 7) is 2.73. The van der Waals surface area contributed by atoms with E-state index in [-0.39, 0.29) is 12.3 Å². The standard InChI is InChI=1S/C17H23N3O3S/c21-17-12-13-11-15(5-6-16(13)18-17)24(22,23)20-9-7-19(8-10-20)14-3-1-2-4-14/h5-6,11,14H,1-4,7-10,12H2,(H,18,21). The first-order valence-electron chi connectivity index (χ1n) is 8.71. The van der Waals surface area contributed by atoms with E-state index in [0.29, 0.717) is 24.0 Å². The molecule has 2 aliphatic heterocycles. The van der Waals surface area contributed by atoms with Gasteiger partial charge in [0.25, 0.3) is 0 Å². The van der Waals surface area contributed by atoms with Gasteiger partial charge in [-0.15, -0.1) is 0 Å². The number of benzene rings is 1. The molecule has 0 unspecified atom stereocenters. The number of piperazine rings is 1. The van der Waals surface area contributed by atoms with Crippen molar-refractivity contribution in [3.63, 3.8) is 0 Å². The minimum absolute atomic E-state index is 0.0790. The minimum Gasteiger partial charge on any atom is -0.326 e. The molecule has 1 saturated carbocycles. The van der Waals surface area contributed by atoms with Gasteiger partial charge in [0.05, 0.1) is 11.3 Å². The summed E-state index contributed by atoms with van der Waals surface area (Å²) in [6.07, 6.45) is 5.35. The molecule has 0 radical (unpaired) electrons. The third-order valence-corrected chi connectivity index (χ3v) is 7.35. The Bertz CT molecular complexity index is 748. The third-order valence-electron chi connectivity index (χ3n) is 5.45. The van der Waals surface area contributed by atoms with Gasteiger partial charge in [0.15, 0.2) is 0 Å². The summed E-state index contributed by atoms with van der Waals surface area (Å²) in [4.78, 5) is 14.2. The number of carbonyl (C=O) groups is 1. The van der Waals surface area contributed by atoms with E-state index in [1.54, 1.807) is 22.5 Å². The number of fused-ring (bicyclic) bond motifs is 1. The quantitative estimate of drug-likeness (QED) is 0.896. The highest BCUT2D eigenvalue weighted by molar-refractivity contribution is 7.89. The molecule has 2 fully saturated rings. The van der Waals surface area contributed by atoms with E-state index in [1.165, 1.54) is 25.7 Å². The molecule has 1 N–H and O–H groups in total. The Kier molecular flexibility index (Phi) is 4.10. The van der Waals surface area contributed by atoms with Crippen molar-refractivity contribution in [3.8, 4) is 0 Å². The van der Waals surface area contributed by atoms with Crippen LogP contribution in [0.5, 0.6) is 0 Å². The fourth-order valence-electron chi connectivity index (χ4n) is 4.09. The number of hydrogen-bond acceptors (Lipinski definition) is 4. The Morgan fingerprint density at radius 1 is 1.04 bits per heavy atom. The van der Waals surface area contributed by atoms with Crippen molar-refractivity contribution >= 4 is 21.6 Å². The molecule has 1 aliphatic carbocycles. The predicted molar refractivity (Wildman–Crippen MR) is 91.4 cm³/mol. The predicted octanol–water partition coefficient (Wildman–Crippen LogP) is 1.43. The van der Waals surface area contributed by atoms with Gasteiger partial charge in [-0.3, -0.25) is 9.69 Å². The highest BCUT2D eigenvalue weighted by atomic mass is 32.2. The van der Waals surface area contributed by atoms with Crippen LogP contribution in [0.25, 0.3) is 0 Å². The van der Waals surface area contributed by atoms with E-state index in [1.807, 2.05) is 0 Å². The van der Waals surface area contributed by atoms with Crippen LogP contribution in [0.15, 0.2) is 23.1 Å². The minimum atomic E-state index is -3.48. The largest absolute Gasteiger partial charge is 0.326 e. The second-order valence-corrected chi connectivity index (χ2v) is 8.86. The molecule has 1 amide bonds. The van der Waals surface area contributed by atoms with Crippen LogP contribution in [-0.4, -0.2) is 55.8 Å². The van der Waals surface area contributed by atoms with Crippen LogP contribution in [0, 0.1) is 0 Å². The molecule has 3 aliphatic rings. The van der Waals surface area contributed by atoms with Gasteiger partial charge >= 0.3 is 0 Å². The first kappa shape index (κ1) is 16.1. The van der Waals surface area contributed by atoms with Crippen molar-refractivity contribution in [2.24, 2.45) is 0 Å². The van der Waals surface area contributed by atoms with Crippen LogP contribution in [0.4, 0.5) is 5.69 Å². The average Bonchev–Trinajstić information content (AvgIpc) is 3.22. The van der Waals surface area contributed by atoms with Crippen molar-refractivity contribution < 1.29 is 13.2 Å². The van der Waals surface area contributed by atoms with E-state index in [9.17, 15) is 13.2 Å². The van der Waals surface area contributed by atoms with E-state index in [4.69, 9.17) is 0 Å². The molecular formula is C17H23N3O3S. The number of anilines is 1. The molecule has 1 aromatic carbocycles. The number of amides is 1. The van der Waals surface area contributed by atoms with Crippen molar-refractivity contribution in [1.82, 2.24) is 9.21 Å². The molecule has 0 atom stereocenters. The molecule has 0 spiro atoms. The molecule has 24 heavy (non-hydrogen) atoms. The molecule has 130 valence electrons. The Morgan fingerprint density at radius 2 is 1.75 bits per heavy atom. The highest BCUT2D eigenvalue weighted by Gasteiger charge is 2.32. The second-order valence-electron chi connectivity index (χ2n) is 6.92. The van der Waals surface area contributed by atoms with E-state index < -0.39 is 10.0 Å². The summed E-state index contributed by atoms with van der Waals surface area (Å²) in [7, 11) is -3.48. The van der Waals surface area contributed by atoms with Crippen LogP contribution < -0.4 is 5.32 Å². The Balaban J connectivity index is 1.48. The van der Waals surface area contributed by atoms with Crippen LogP contribution in [0.2, 0.25) is 0 Å². The lowest BCUT2D eigenvalue weighted by Crippen LogP contribution is -2.51. The summed E-state index contributed by atoms with van der Waals surface area (Å²) >= 11 is 0. The highest BCUT2D eigenvalue weighted by Crippen LogP contribution is 2.29. The van der Waals surface area contributed by atoms with Crippen LogP contribution in [0.3, 0.4) is 0 Å². The van der Waals surface area contributed by atoms with Gasteiger partial charge in [-0.1, -0.05) is 12.8 Å². The smallest absolute Gasteiger partial charge is 0.243 e. The maximum Gasteiger partial charge on any atom is 0.243 e. The summed E-state index contributed by atoms with van der Waals surface area (Å²) in [5.74, 6) is -0.0790. The van der Waals surface area contributed by atoms with E-state index >= 15 is 0 Å². The summed E-state index contributed by atoms with van der Waals surface area (Å²) in [6, 6.07) is 5.59. The fourth-order valence-corrected chi connectivity index (χ4v) is 5.57. The van der Waals surface area contributed by atoms with Gasteiger partial charge in [0.2, 0.25) is 15.9 Å². The molecule has 7 heteroatoms. The number of nitrogens with zero attached hydrogens (tertiary/aromatic N) is 2. The lowest BCUT2D eigenvalue weighted by molar-refractivity contribution is -0.115. The SMILES string of the molecule is O=C1Cc2cc(S(=O)(=O)N3CCN(C4CCCC4)CC3)ccc2N1. The first-order valence-corrected chi connectivity index (χ1v) is 10.1. The molecule has 1 aromatic rings. The second kappa shape index (κ2) is 6.13. The van der Waals surface area contributed by atoms with Crippen LogP contribution in [-0.2, 0) is 21.2 Å². The summed E-state index contributed by atoms with van der Waals surface area (Å²) in [5.41, 5.74) is 1.50. The Hall–Kier alpha value is -1.44. The van der Waals surface area contributed by atoms with Gasteiger partial charge in [0.1, 0.15) is 0 Å². The molecule has 2 heterocycles. The molecule has 0 aromatic heterocycles. The maximum atomic E-state index is 12.9. The van der Waals surface area contributed by atoms with Crippen LogP contribution >= 0.6 is 0 Å². The van der Waals surface area contributed by atoms with Crippen molar-refractivity contribution in [1.29, 1.82) is 0 Å². The summed E-state index contributed by atoms with van der Waals surface area (Å²) in [5, 5.41) is 2.74. The number of rotatable bonds is 3. The van der Waals surface area contributed by atoms with Crippen molar-refractivity contribution in [2.75, 3.05) is 31.5 Å². The van der Waals surface area contributed by atoms with Gasteiger partial charge in [-0.05, 0) is 36.6 Å². The van der Waals surface area contributed by atoms with E-state index in [0.717, 1.165) is 24.3 Å². The fraction of sp³-hybridized carbons (Fsp3) is 0.588. The normalized spacial score (nSPS) is 23.4. The van der Waals surface area contributed by atoms with Gasteiger partial charge in [-0.25, -0.2) is 8.42 Å². The summed E-state index contributed by atoms with van der Waals surface area (Å²) < 4.78 is 27.4. The number of sulfonamides is 1. The zero-order valence-corrected chi connectivity index (χ0v) is 14.5. The average molecular weight is 349 g/mol. The lowest BCUT2D eigenvalue weighted by atomic mass is 10.2. The number of hydrogen-bond donors (Lipinski definition) is 1. The number of nitrogens with one attached hydrogen (secondary N) is 1. The topological polar surface area (TPSA) is 69.7 Å². The molecule has 1 saturated heterocycles. The van der Waals surface area contributed by atoms with Crippen molar-refractivity contribution in [3.05, 3.63) is 23.8 Å². The molecule has 6 nitrogen and oxygen atoms in total. The van der Waals surface area contributed by atoms with E-state index in [2.05, 4.69) is 10.2 Å². The first-order chi connectivity index (χ1) is 11.5. The van der Waals surface area contributed by atoms with Crippen molar-refractivity contribution in [2.45, 2.75) is 43.0 Å². The lowest BCUT2D eigenvalue weighted by Gasteiger charge is -2.37. The van der Waals surface area contributed by atoms with Gasteiger partial charge < -0.3 is 5.32 Å². The number of carbonyl (C=O) groups excluding carboxylic acids is 1. The Morgan fingerprint density at radius 3 is 2.46 bits per heavy atom. The monoisotopic (exact) mass is 349 g/mol. The third kappa shape index (κ3) is 2.85. The molecular weight excluding hydrogens is 326 g/mol. The molecule has 0 bridgehead atoms. The van der Waals surface area contributed by atoms with Gasteiger partial charge in [0, 0.05) is 37.9 Å². The Labute approximate surface area is 142 Å². The van der Waals surface area contributed by atoms with Gasteiger partial charge in [-0.2, -0.15) is 4.31 Å².